The lowest BCUT2D eigenvalue weighted by molar-refractivity contribution is -0.116. The highest BCUT2D eigenvalue weighted by molar-refractivity contribution is 7.80. The van der Waals surface area contributed by atoms with E-state index in [0.717, 1.165) is 5.69 Å². The van der Waals surface area contributed by atoms with Crippen molar-refractivity contribution in [2.24, 2.45) is 11.5 Å². The smallest absolute Gasteiger partial charge is 0.236 e. The van der Waals surface area contributed by atoms with E-state index in [4.69, 9.17) is 23.7 Å². The predicted octanol–water partition coefficient (Wildman–Crippen LogP) is -0.0543. The summed E-state index contributed by atoms with van der Waals surface area (Å²) in [6, 6.07) is 3.60. The second-order valence-corrected chi connectivity index (χ2v) is 3.95. The van der Waals surface area contributed by atoms with Gasteiger partial charge >= 0.3 is 0 Å². The zero-order valence-corrected chi connectivity index (χ0v) is 10.0. The van der Waals surface area contributed by atoms with E-state index in [1.807, 2.05) is 13.0 Å². The maximum Gasteiger partial charge on any atom is 0.236 e. The largest absolute Gasteiger partial charge is 0.389 e. The van der Waals surface area contributed by atoms with Gasteiger partial charge in [-0.15, -0.1) is 0 Å². The number of aromatic nitrogens is 1. The third-order valence-electron chi connectivity index (χ3n) is 2.03. The molecule has 16 heavy (non-hydrogen) atoms. The molecule has 0 unspecified atom stereocenters. The number of carbonyl (C=O) groups excluding carboxylic acids is 1. The molecule has 0 saturated carbocycles. The van der Waals surface area contributed by atoms with Crippen LogP contribution in [0.1, 0.15) is 11.3 Å². The summed E-state index contributed by atoms with van der Waals surface area (Å²) in [5, 5.41) is 0. The highest BCUT2D eigenvalue weighted by Gasteiger charge is 2.13. The van der Waals surface area contributed by atoms with Crippen LogP contribution in [0.2, 0.25) is 0 Å². The molecule has 0 aliphatic carbocycles. The Morgan fingerprint density at radius 2 is 2.12 bits per heavy atom. The number of thiocarbonyl (C=S) groups is 1. The second kappa shape index (κ2) is 4.89. The predicted molar refractivity (Wildman–Crippen MR) is 67.3 cm³/mol. The van der Waals surface area contributed by atoms with Crippen molar-refractivity contribution >= 4 is 28.9 Å². The number of likely N-dealkylation sites (N-methyl/N-ethyl adjacent to an activating group) is 1. The fourth-order valence-corrected chi connectivity index (χ4v) is 1.49. The van der Waals surface area contributed by atoms with E-state index < -0.39 is 5.91 Å². The van der Waals surface area contributed by atoms with Crippen molar-refractivity contribution < 1.29 is 4.79 Å². The Morgan fingerprint density at radius 1 is 1.50 bits per heavy atom. The van der Waals surface area contributed by atoms with Crippen LogP contribution in [0, 0.1) is 6.92 Å². The van der Waals surface area contributed by atoms with Crippen LogP contribution < -0.4 is 16.4 Å². The van der Waals surface area contributed by atoms with Crippen LogP contribution in [-0.2, 0) is 4.79 Å². The highest BCUT2D eigenvalue weighted by atomic mass is 32.1. The molecule has 4 N–H and O–H groups in total. The molecule has 0 atom stereocenters. The van der Waals surface area contributed by atoms with Crippen molar-refractivity contribution in [1.29, 1.82) is 0 Å². The van der Waals surface area contributed by atoms with Gasteiger partial charge in [-0.3, -0.25) is 4.79 Å². The van der Waals surface area contributed by atoms with E-state index in [2.05, 4.69) is 4.98 Å². The maximum absolute atomic E-state index is 10.8. The van der Waals surface area contributed by atoms with Crippen molar-refractivity contribution in [1.82, 2.24) is 4.98 Å². The second-order valence-electron chi connectivity index (χ2n) is 3.51. The average molecular weight is 238 g/mol. The first-order valence-electron chi connectivity index (χ1n) is 4.68. The van der Waals surface area contributed by atoms with Crippen molar-refractivity contribution in [3.8, 4) is 0 Å². The molecule has 0 saturated heterocycles. The van der Waals surface area contributed by atoms with Gasteiger partial charge in [0.15, 0.2) is 0 Å². The summed E-state index contributed by atoms with van der Waals surface area (Å²) in [6.45, 7) is 1.93. The van der Waals surface area contributed by atoms with E-state index in [1.165, 1.54) is 0 Å². The van der Waals surface area contributed by atoms with E-state index in [9.17, 15) is 4.79 Å². The zero-order valence-electron chi connectivity index (χ0n) is 9.23. The molecule has 0 aromatic carbocycles. The van der Waals surface area contributed by atoms with Crippen LogP contribution in [0.25, 0.3) is 0 Å². The van der Waals surface area contributed by atoms with Crippen molar-refractivity contribution in [3.05, 3.63) is 23.4 Å². The summed E-state index contributed by atoms with van der Waals surface area (Å²) < 4.78 is 0. The van der Waals surface area contributed by atoms with Gasteiger partial charge in [-0.2, -0.15) is 0 Å². The number of anilines is 1. The Balaban J connectivity index is 3.13. The lowest BCUT2D eigenvalue weighted by Crippen LogP contribution is -2.32. The van der Waals surface area contributed by atoms with Crippen LogP contribution in [0.3, 0.4) is 0 Å². The van der Waals surface area contributed by atoms with Gasteiger partial charge in [-0.05, 0) is 19.1 Å². The Bertz CT molecular complexity index is 433. The molecule has 1 aromatic heterocycles. The topological polar surface area (TPSA) is 85.2 Å². The molecule has 6 heteroatoms. The van der Waals surface area contributed by atoms with Crippen LogP contribution in [0.4, 0.5) is 5.82 Å². The molecule has 0 bridgehead atoms. The van der Waals surface area contributed by atoms with Crippen molar-refractivity contribution in [2.45, 2.75) is 6.92 Å². The first kappa shape index (κ1) is 12.4. The molecule has 0 radical (unpaired) electrons. The average Bonchev–Trinajstić information content (AvgIpc) is 2.15. The Morgan fingerprint density at radius 3 is 2.62 bits per heavy atom. The van der Waals surface area contributed by atoms with E-state index in [-0.39, 0.29) is 11.5 Å². The lowest BCUT2D eigenvalue weighted by Gasteiger charge is -2.19. The third kappa shape index (κ3) is 2.90. The number of carbonyl (C=O) groups is 1. The minimum atomic E-state index is -0.431. The van der Waals surface area contributed by atoms with Crippen molar-refractivity contribution in [2.75, 3.05) is 18.5 Å². The normalized spacial score (nSPS) is 9.88. The fraction of sp³-hybridized carbons (Fsp3) is 0.300. The number of nitrogens with two attached hydrogens (primary N) is 2. The fourth-order valence-electron chi connectivity index (χ4n) is 1.33. The molecule has 86 valence electrons. The molecule has 0 fully saturated rings. The number of nitrogens with zero attached hydrogens (tertiary/aromatic N) is 2. The molecular weight excluding hydrogens is 224 g/mol. The molecule has 5 nitrogen and oxygen atoms in total. The van der Waals surface area contributed by atoms with Gasteiger partial charge in [0.2, 0.25) is 5.91 Å². The number of hydrogen-bond acceptors (Lipinski definition) is 4. The molecule has 1 aromatic rings. The van der Waals surface area contributed by atoms with Gasteiger partial charge in [0.05, 0.1) is 12.1 Å². The van der Waals surface area contributed by atoms with Gasteiger partial charge in [0.25, 0.3) is 0 Å². The molecular formula is C10H14N4OS. The SMILES string of the molecule is Cc1ccc(C(N)=S)c(N(C)CC(N)=O)n1. The van der Waals surface area contributed by atoms with Gasteiger partial charge in [0.1, 0.15) is 10.8 Å². The molecule has 1 heterocycles. The summed E-state index contributed by atoms with van der Waals surface area (Å²) in [7, 11) is 1.72. The number of amides is 1. The number of aryl methyl sites for hydroxylation is 1. The first-order valence-corrected chi connectivity index (χ1v) is 5.09. The highest BCUT2D eigenvalue weighted by Crippen LogP contribution is 2.16. The summed E-state index contributed by atoms with van der Waals surface area (Å²) in [5.41, 5.74) is 12.2. The molecule has 0 aliphatic heterocycles. The Labute approximate surface area is 99.4 Å². The number of rotatable bonds is 4. The summed E-state index contributed by atoms with van der Waals surface area (Å²) in [4.78, 5) is 17.0. The van der Waals surface area contributed by atoms with E-state index in [0.29, 0.717) is 11.4 Å². The van der Waals surface area contributed by atoms with Crippen LogP contribution in [0.5, 0.6) is 0 Å². The lowest BCUT2D eigenvalue weighted by atomic mass is 10.2. The Kier molecular flexibility index (Phi) is 3.78. The van der Waals surface area contributed by atoms with Crippen molar-refractivity contribution in [3.63, 3.8) is 0 Å². The minimum absolute atomic E-state index is 0.0755. The quantitative estimate of drug-likeness (QED) is 0.718. The monoisotopic (exact) mass is 238 g/mol. The molecule has 0 aliphatic rings. The van der Waals surface area contributed by atoms with Crippen LogP contribution in [-0.4, -0.2) is 29.5 Å². The number of primary amides is 1. The van der Waals surface area contributed by atoms with Gasteiger partial charge in [-0.1, -0.05) is 12.2 Å². The third-order valence-corrected chi connectivity index (χ3v) is 2.25. The van der Waals surface area contributed by atoms with Crippen LogP contribution in [0.15, 0.2) is 12.1 Å². The molecule has 1 rings (SSSR count). The van der Waals surface area contributed by atoms with Gasteiger partial charge in [-0.25, -0.2) is 4.98 Å². The summed E-state index contributed by atoms with van der Waals surface area (Å²) in [5.74, 6) is 0.144. The summed E-state index contributed by atoms with van der Waals surface area (Å²) in [6.07, 6.45) is 0. The number of hydrogen-bond donors (Lipinski definition) is 2. The first-order chi connectivity index (χ1) is 7.41. The maximum atomic E-state index is 10.8. The minimum Gasteiger partial charge on any atom is -0.389 e. The molecule has 0 spiro atoms. The zero-order chi connectivity index (χ0) is 12.3. The van der Waals surface area contributed by atoms with E-state index >= 15 is 0 Å². The van der Waals surface area contributed by atoms with E-state index in [1.54, 1.807) is 18.0 Å². The summed E-state index contributed by atoms with van der Waals surface area (Å²) >= 11 is 4.92. The Hall–Kier alpha value is -1.69. The van der Waals surface area contributed by atoms with Gasteiger partial charge in [0, 0.05) is 12.7 Å². The molecule has 1 amide bonds. The standard InChI is InChI=1S/C10H14N4OS/c1-6-3-4-7(9(12)16)10(13-6)14(2)5-8(11)15/h3-4H,5H2,1-2H3,(H2,11,15)(H2,12,16). The van der Waals surface area contributed by atoms with Crippen LogP contribution >= 0.6 is 12.2 Å². The number of pyridine rings is 1. The van der Waals surface area contributed by atoms with Gasteiger partial charge < -0.3 is 16.4 Å².